The zero-order valence-corrected chi connectivity index (χ0v) is 16.6. The lowest BCUT2D eigenvalue weighted by Crippen LogP contribution is -2.34. The predicted molar refractivity (Wildman–Crippen MR) is 106 cm³/mol. The molecule has 0 spiro atoms. The van der Waals surface area contributed by atoms with Gasteiger partial charge in [0.25, 0.3) is 0 Å². The second-order valence-electron chi connectivity index (χ2n) is 7.12. The van der Waals surface area contributed by atoms with Crippen LogP contribution in [0.15, 0.2) is 41.3 Å². The molecule has 1 N–H and O–H groups in total. The van der Waals surface area contributed by atoms with Crippen LogP contribution in [-0.4, -0.2) is 20.9 Å². The minimum absolute atomic E-state index is 0.0223. The summed E-state index contributed by atoms with van der Waals surface area (Å²) in [5.41, 5.74) is 3.80. The first-order chi connectivity index (χ1) is 12.8. The van der Waals surface area contributed by atoms with Crippen molar-refractivity contribution in [3.63, 3.8) is 0 Å². The monoisotopic (exact) mass is 404 g/mol. The first kappa shape index (κ1) is 18.5. The van der Waals surface area contributed by atoms with Crippen LogP contribution in [0.3, 0.4) is 0 Å². The fourth-order valence-corrected chi connectivity index (χ4v) is 5.53. The van der Waals surface area contributed by atoms with E-state index in [1.807, 2.05) is 12.1 Å². The number of rotatable bonds is 3. The molecule has 0 aromatic heterocycles. The highest BCUT2D eigenvalue weighted by Crippen LogP contribution is 2.35. The SMILES string of the molecule is CC(=O)N1CCCc2cc(S(=O)(=O)NC3CCc4cc(Cl)ccc43)ccc21. The van der Waals surface area contributed by atoms with Crippen LogP contribution in [0.4, 0.5) is 5.69 Å². The van der Waals surface area contributed by atoms with Crippen LogP contribution in [0.2, 0.25) is 5.02 Å². The van der Waals surface area contributed by atoms with Crippen molar-refractivity contribution in [1.29, 1.82) is 0 Å². The number of carbonyl (C=O) groups is 1. The topological polar surface area (TPSA) is 66.5 Å². The zero-order valence-electron chi connectivity index (χ0n) is 15.0. The van der Waals surface area contributed by atoms with Crippen LogP contribution in [-0.2, 0) is 27.7 Å². The minimum Gasteiger partial charge on any atom is -0.312 e. The summed E-state index contributed by atoms with van der Waals surface area (Å²) < 4.78 is 28.7. The molecule has 1 aliphatic carbocycles. The van der Waals surface area contributed by atoms with E-state index in [1.165, 1.54) is 6.92 Å². The molecule has 1 heterocycles. The second-order valence-corrected chi connectivity index (χ2v) is 9.27. The van der Waals surface area contributed by atoms with E-state index >= 15 is 0 Å². The third kappa shape index (κ3) is 3.49. The molecule has 4 rings (SSSR count). The van der Waals surface area contributed by atoms with E-state index < -0.39 is 10.0 Å². The maximum absolute atomic E-state index is 12.9. The Bertz CT molecular complexity index is 1020. The first-order valence-electron chi connectivity index (χ1n) is 9.07. The summed E-state index contributed by atoms with van der Waals surface area (Å²) in [5.74, 6) is -0.0223. The number of carbonyl (C=O) groups excluding carboxylic acids is 1. The van der Waals surface area contributed by atoms with Crippen molar-refractivity contribution < 1.29 is 13.2 Å². The summed E-state index contributed by atoms with van der Waals surface area (Å²) in [7, 11) is -3.65. The zero-order chi connectivity index (χ0) is 19.2. The van der Waals surface area contributed by atoms with Gasteiger partial charge in [0, 0.05) is 30.2 Å². The Labute approximate surface area is 164 Å². The number of fused-ring (bicyclic) bond motifs is 2. The highest BCUT2D eigenvalue weighted by Gasteiger charge is 2.29. The van der Waals surface area contributed by atoms with Crippen LogP contribution in [0, 0.1) is 0 Å². The van der Waals surface area contributed by atoms with Gasteiger partial charge in [0.05, 0.1) is 4.90 Å². The summed E-state index contributed by atoms with van der Waals surface area (Å²) >= 11 is 6.03. The van der Waals surface area contributed by atoms with Gasteiger partial charge < -0.3 is 4.90 Å². The van der Waals surface area contributed by atoms with Gasteiger partial charge in [-0.25, -0.2) is 13.1 Å². The largest absolute Gasteiger partial charge is 0.312 e. The van der Waals surface area contributed by atoms with Crippen LogP contribution in [0.1, 0.15) is 42.5 Å². The third-order valence-electron chi connectivity index (χ3n) is 5.34. The molecule has 142 valence electrons. The molecule has 27 heavy (non-hydrogen) atoms. The van der Waals surface area contributed by atoms with Gasteiger partial charge in [0.1, 0.15) is 0 Å². The number of nitrogens with one attached hydrogen (secondary N) is 1. The van der Waals surface area contributed by atoms with Gasteiger partial charge in [-0.3, -0.25) is 4.79 Å². The van der Waals surface area contributed by atoms with Gasteiger partial charge in [-0.1, -0.05) is 17.7 Å². The molecule has 2 aromatic rings. The summed E-state index contributed by atoms with van der Waals surface area (Å²) in [6, 6.07) is 10.4. The third-order valence-corrected chi connectivity index (χ3v) is 7.04. The molecule has 0 saturated carbocycles. The molecule has 7 heteroatoms. The Hall–Kier alpha value is -1.89. The lowest BCUT2D eigenvalue weighted by molar-refractivity contribution is -0.116. The van der Waals surface area contributed by atoms with Gasteiger partial charge in [0.15, 0.2) is 0 Å². The molecule has 2 aliphatic rings. The number of hydrogen-bond acceptors (Lipinski definition) is 3. The highest BCUT2D eigenvalue weighted by atomic mass is 35.5. The average Bonchev–Trinajstić information content (AvgIpc) is 3.01. The molecule has 0 saturated heterocycles. The van der Waals surface area contributed by atoms with Gasteiger partial charge in [-0.15, -0.1) is 0 Å². The second kappa shape index (κ2) is 6.93. The fraction of sp³-hybridized carbons (Fsp3) is 0.350. The van der Waals surface area contributed by atoms with Crippen molar-refractivity contribution in [2.24, 2.45) is 0 Å². The van der Waals surface area contributed by atoms with E-state index in [0.717, 1.165) is 48.1 Å². The standard InChI is InChI=1S/C20H21ClN2O3S/c1-13(24)23-10-2-3-15-12-17(6-9-20(15)23)27(25,26)22-19-8-4-14-11-16(21)5-7-18(14)19/h5-7,9,11-12,19,22H,2-4,8,10H2,1H3. The predicted octanol–water partition coefficient (Wildman–Crippen LogP) is 3.60. The number of sulfonamides is 1. The molecule has 1 aliphatic heterocycles. The Morgan fingerprint density at radius 3 is 2.74 bits per heavy atom. The Balaban J connectivity index is 1.61. The van der Waals surface area contributed by atoms with Crippen LogP contribution in [0.5, 0.6) is 0 Å². The van der Waals surface area contributed by atoms with Gasteiger partial charge in [0.2, 0.25) is 15.9 Å². The van der Waals surface area contributed by atoms with E-state index in [4.69, 9.17) is 11.6 Å². The number of anilines is 1. The molecule has 0 radical (unpaired) electrons. The molecule has 5 nitrogen and oxygen atoms in total. The number of hydrogen-bond donors (Lipinski definition) is 1. The fourth-order valence-electron chi connectivity index (χ4n) is 4.03. The van der Waals surface area contributed by atoms with Crippen molar-refractivity contribution in [2.45, 2.75) is 43.5 Å². The number of aryl methyl sites for hydroxylation is 2. The van der Waals surface area contributed by atoms with Crippen molar-refractivity contribution in [3.05, 3.63) is 58.1 Å². The normalized spacial score (nSPS) is 18.9. The minimum atomic E-state index is -3.65. The number of amides is 1. The van der Waals surface area contributed by atoms with Crippen LogP contribution < -0.4 is 9.62 Å². The maximum atomic E-state index is 12.9. The Morgan fingerprint density at radius 2 is 1.96 bits per heavy atom. The number of halogens is 1. The quantitative estimate of drug-likeness (QED) is 0.849. The molecular weight excluding hydrogens is 384 g/mol. The lowest BCUT2D eigenvalue weighted by atomic mass is 10.0. The van der Waals surface area contributed by atoms with E-state index in [1.54, 1.807) is 29.2 Å². The van der Waals surface area contributed by atoms with E-state index in [0.29, 0.717) is 11.6 Å². The van der Waals surface area contributed by atoms with Crippen LogP contribution >= 0.6 is 11.6 Å². The molecule has 0 fully saturated rings. The molecule has 1 atom stereocenters. The van der Waals surface area contributed by atoms with Crippen molar-refractivity contribution in [1.82, 2.24) is 4.72 Å². The Morgan fingerprint density at radius 1 is 1.15 bits per heavy atom. The smallest absolute Gasteiger partial charge is 0.241 e. The summed E-state index contributed by atoms with van der Waals surface area (Å²) in [6.07, 6.45) is 3.13. The summed E-state index contributed by atoms with van der Waals surface area (Å²) in [6.45, 7) is 2.21. The summed E-state index contributed by atoms with van der Waals surface area (Å²) in [4.78, 5) is 13.8. The van der Waals surface area contributed by atoms with Crippen LogP contribution in [0.25, 0.3) is 0 Å². The van der Waals surface area contributed by atoms with Crippen molar-refractivity contribution in [3.8, 4) is 0 Å². The lowest BCUT2D eigenvalue weighted by Gasteiger charge is -2.29. The van der Waals surface area contributed by atoms with E-state index in [-0.39, 0.29) is 16.8 Å². The van der Waals surface area contributed by atoms with E-state index in [9.17, 15) is 13.2 Å². The van der Waals surface area contributed by atoms with E-state index in [2.05, 4.69) is 4.72 Å². The Kier molecular flexibility index (Phi) is 4.74. The van der Waals surface area contributed by atoms with Crippen molar-refractivity contribution in [2.75, 3.05) is 11.4 Å². The molecule has 1 amide bonds. The molecule has 1 unspecified atom stereocenters. The first-order valence-corrected chi connectivity index (χ1v) is 10.9. The molecule has 0 bridgehead atoms. The van der Waals surface area contributed by atoms with Gasteiger partial charge >= 0.3 is 0 Å². The van der Waals surface area contributed by atoms with Crippen molar-refractivity contribution >= 4 is 33.2 Å². The van der Waals surface area contributed by atoms with Gasteiger partial charge in [-0.2, -0.15) is 0 Å². The van der Waals surface area contributed by atoms with Gasteiger partial charge in [-0.05, 0) is 72.7 Å². The average molecular weight is 405 g/mol. The number of benzene rings is 2. The molecule has 2 aromatic carbocycles. The maximum Gasteiger partial charge on any atom is 0.241 e. The molecular formula is C20H21ClN2O3S. The highest BCUT2D eigenvalue weighted by molar-refractivity contribution is 7.89. The number of nitrogens with zero attached hydrogens (tertiary/aromatic N) is 1. The summed E-state index contributed by atoms with van der Waals surface area (Å²) in [5, 5.41) is 0.668.